The summed E-state index contributed by atoms with van der Waals surface area (Å²) in [6.07, 6.45) is 0.0159. The van der Waals surface area contributed by atoms with Crippen LogP contribution in [0.5, 0.6) is 0 Å². The van der Waals surface area contributed by atoms with Crippen molar-refractivity contribution in [3.8, 4) is 0 Å². The van der Waals surface area contributed by atoms with Gasteiger partial charge in [0.25, 0.3) is 0 Å². The summed E-state index contributed by atoms with van der Waals surface area (Å²) in [5.74, 6) is -0.574. The molecule has 0 aromatic heterocycles. The van der Waals surface area contributed by atoms with Gasteiger partial charge in [0, 0.05) is 6.04 Å². The van der Waals surface area contributed by atoms with E-state index in [1.165, 1.54) is 0 Å². The minimum Gasteiger partial charge on any atom is -0.461 e. The van der Waals surface area contributed by atoms with Gasteiger partial charge in [-0.2, -0.15) is 0 Å². The van der Waals surface area contributed by atoms with Crippen LogP contribution in [0.25, 0.3) is 0 Å². The van der Waals surface area contributed by atoms with E-state index in [0.717, 1.165) is 5.56 Å². The van der Waals surface area contributed by atoms with E-state index < -0.39 is 11.7 Å². The maximum absolute atomic E-state index is 12.0. The predicted molar refractivity (Wildman–Crippen MR) is 88.9 cm³/mol. The summed E-state index contributed by atoms with van der Waals surface area (Å²) in [5, 5.41) is 2.73. The number of esters is 1. The molecule has 0 bridgehead atoms. The zero-order valence-corrected chi connectivity index (χ0v) is 14.6. The molecule has 0 aliphatic rings. The van der Waals surface area contributed by atoms with Gasteiger partial charge in [-0.15, -0.1) is 0 Å². The Balaban J connectivity index is 2.35. The fraction of sp³-hybridized carbons (Fsp3) is 0.556. The molecule has 0 aliphatic carbocycles. The molecule has 0 spiro atoms. The van der Waals surface area contributed by atoms with Crippen LogP contribution in [0.3, 0.4) is 0 Å². The Morgan fingerprint density at radius 3 is 2.30 bits per heavy atom. The zero-order valence-electron chi connectivity index (χ0n) is 14.6. The van der Waals surface area contributed by atoms with Gasteiger partial charge in [-0.25, -0.2) is 4.79 Å². The Bertz CT molecular complexity index is 508. The quantitative estimate of drug-likeness (QED) is 0.812. The third-order valence-electron chi connectivity index (χ3n) is 3.10. The second kappa shape index (κ2) is 8.56. The lowest BCUT2D eigenvalue weighted by atomic mass is 10.0. The molecule has 1 amide bonds. The number of ether oxygens (including phenoxy) is 2. The lowest BCUT2D eigenvalue weighted by Gasteiger charge is -2.23. The van der Waals surface area contributed by atoms with E-state index in [9.17, 15) is 9.59 Å². The minimum atomic E-state index is -0.538. The highest BCUT2D eigenvalue weighted by molar-refractivity contribution is 5.72. The van der Waals surface area contributed by atoms with Crippen molar-refractivity contribution >= 4 is 12.1 Å². The van der Waals surface area contributed by atoms with E-state index in [-0.39, 0.29) is 24.5 Å². The molecule has 1 aromatic carbocycles. The van der Waals surface area contributed by atoms with Crippen LogP contribution in [-0.4, -0.2) is 23.7 Å². The van der Waals surface area contributed by atoms with E-state index in [4.69, 9.17) is 9.47 Å². The fourth-order valence-electron chi connectivity index (χ4n) is 2.07. The molecule has 0 aliphatic heterocycles. The number of carbonyl (C=O) groups is 2. The lowest BCUT2D eigenvalue weighted by molar-refractivity contribution is -0.149. The predicted octanol–water partition coefficient (Wildman–Crippen LogP) is 3.67. The first kappa shape index (κ1) is 19.0. The monoisotopic (exact) mass is 321 g/mol. The van der Waals surface area contributed by atoms with Gasteiger partial charge >= 0.3 is 12.1 Å². The first-order valence-corrected chi connectivity index (χ1v) is 7.87. The SMILES string of the molecule is CC(CC(C)C(=O)OCc1ccccc1)NC(=O)OC(C)(C)C. The topological polar surface area (TPSA) is 64.6 Å². The Morgan fingerprint density at radius 2 is 1.74 bits per heavy atom. The van der Waals surface area contributed by atoms with E-state index >= 15 is 0 Å². The van der Waals surface area contributed by atoms with Crippen molar-refractivity contribution in [2.75, 3.05) is 0 Å². The molecule has 0 heterocycles. The molecule has 0 fully saturated rings. The van der Waals surface area contributed by atoms with Crippen LogP contribution >= 0.6 is 0 Å². The van der Waals surface area contributed by atoms with Crippen LogP contribution in [0, 0.1) is 5.92 Å². The number of hydrogen-bond donors (Lipinski definition) is 1. The van der Waals surface area contributed by atoms with Gasteiger partial charge in [-0.05, 0) is 39.7 Å². The fourth-order valence-corrected chi connectivity index (χ4v) is 2.07. The number of benzene rings is 1. The molecular formula is C18H27NO4. The van der Waals surface area contributed by atoms with Crippen molar-refractivity contribution in [1.82, 2.24) is 5.32 Å². The van der Waals surface area contributed by atoms with Gasteiger partial charge in [-0.1, -0.05) is 37.3 Å². The number of nitrogens with one attached hydrogen (secondary N) is 1. The number of alkyl carbamates (subject to hydrolysis) is 1. The first-order valence-electron chi connectivity index (χ1n) is 7.87. The highest BCUT2D eigenvalue weighted by atomic mass is 16.6. The molecule has 128 valence electrons. The van der Waals surface area contributed by atoms with Gasteiger partial charge in [0.05, 0.1) is 5.92 Å². The van der Waals surface area contributed by atoms with Crippen LogP contribution < -0.4 is 5.32 Å². The molecule has 23 heavy (non-hydrogen) atoms. The third kappa shape index (κ3) is 8.24. The standard InChI is InChI=1S/C18H27NO4/c1-13(11-14(2)19-17(21)23-18(3,4)5)16(20)22-12-15-9-7-6-8-10-15/h6-10,13-14H,11-12H2,1-5H3,(H,19,21). The van der Waals surface area contributed by atoms with Crippen molar-refractivity contribution in [1.29, 1.82) is 0 Å². The average Bonchev–Trinajstić information content (AvgIpc) is 2.43. The van der Waals surface area contributed by atoms with E-state index in [2.05, 4.69) is 5.32 Å². The van der Waals surface area contributed by atoms with Gasteiger partial charge in [-0.3, -0.25) is 4.79 Å². The molecule has 5 heteroatoms. The highest BCUT2D eigenvalue weighted by Gasteiger charge is 2.21. The summed E-state index contributed by atoms with van der Waals surface area (Å²) < 4.78 is 10.5. The Hall–Kier alpha value is -2.04. The molecular weight excluding hydrogens is 294 g/mol. The molecule has 0 radical (unpaired) electrons. The lowest BCUT2D eigenvalue weighted by Crippen LogP contribution is -2.39. The van der Waals surface area contributed by atoms with E-state index in [1.807, 2.05) is 37.3 Å². The maximum Gasteiger partial charge on any atom is 0.407 e. The second-order valence-corrected chi connectivity index (χ2v) is 6.78. The third-order valence-corrected chi connectivity index (χ3v) is 3.10. The Labute approximate surface area is 138 Å². The zero-order chi connectivity index (χ0) is 17.5. The smallest absolute Gasteiger partial charge is 0.407 e. The average molecular weight is 321 g/mol. The Kier molecular flexibility index (Phi) is 7.07. The highest BCUT2D eigenvalue weighted by Crippen LogP contribution is 2.12. The molecule has 2 unspecified atom stereocenters. The molecule has 5 nitrogen and oxygen atoms in total. The van der Waals surface area contributed by atoms with Gasteiger partial charge in [0.1, 0.15) is 12.2 Å². The molecule has 1 aromatic rings. The van der Waals surface area contributed by atoms with E-state index in [0.29, 0.717) is 6.42 Å². The molecule has 1 rings (SSSR count). The Morgan fingerprint density at radius 1 is 1.13 bits per heavy atom. The normalized spacial score (nSPS) is 13.8. The van der Waals surface area contributed by atoms with Crippen molar-refractivity contribution in [3.05, 3.63) is 35.9 Å². The molecule has 0 saturated carbocycles. The number of rotatable bonds is 6. The van der Waals surface area contributed by atoms with Crippen LogP contribution in [0.1, 0.15) is 46.6 Å². The second-order valence-electron chi connectivity index (χ2n) is 6.78. The van der Waals surface area contributed by atoms with Crippen LogP contribution in [0.2, 0.25) is 0 Å². The summed E-state index contributed by atoms with van der Waals surface area (Å²) in [5.41, 5.74) is 0.414. The minimum absolute atomic E-state index is 0.177. The largest absolute Gasteiger partial charge is 0.461 e. The van der Waals surface area contributed by atoms with Crippen molar-refractivity contribution in [2.45, 2.75) is 59.3 Å². The maximum atomic E-state index is 12.0. The van der Waals surface area contributed by atoms with Gasteiger partial charge in [0.15, 0.2) is 0 Å². The summed E-state index contributed by atoms with van der Waals surface area (Å²) in [6, 6.07) is 9.36. The van der Waals surface area contributed by atoms with Crippen molar-refractivity contribution < 1.29 is 19.1 Å². The number of hydrogen-bond acceptors (Lipinski definition) is 4. The van der Waals surface area contributed by atoms with Crippen molar-refractivity contribution in [2.24, 2.45) is 5.92 Å². The van der Waals surface area contributed by atoms with E-state index in [1.54, 1.807) is 27.7 Å². The summed E-state index contributed by atoms with van der Waals surface area (Å²) in [7, 11) is 0. The summed E-state index contributed by atoms with van der Waals surface area (Å²) in [6.45, 7) is 9.31. The molecule has 1 N–H and O–H groups in total. The van der Waals surface area contributed by atoms with Gasteiger partial charge < -0.3 is 14.8 Å². The van der Waals surface area contributed by atoms with Crippen LogP contribution in [0.15, 0.2) is 30.3 Å². The summed E-state index contributed by atoms with van der Waals surface area (Å²) in [4.78, 5) is 23.7. The van der Waals surface area contributed by atoms with Crippen LogP contribution in [0.4, 0.5) is 4.79 Å². The first-order chi connectivity index (χ1) is 10.7. The number of amides is 1. The number of carbonyl (C=O) groups excluding carboxylic acids is 2. The summed E-state index contributed by atoms with van der Waals surface area (Å²) >= 11 is 0. The van der Waals surface area contributed by atoms with Gasteiger partial charge in [0.2, 0.25) is 0 Å². The van der Waals surface area contributed by atoms with Crippen LogP contribution in [-0.2, 0) is 20.9 Å². The molecule has 2 atom stereocenters. The van der Waals surface area contributed by atoms with Crippen molar-refractivity contribution in [3.63, 3.8) is 0 Å². The molecule has 0 saturated heterocycles.